The summed E-state index contributed by atoms with van der Waals surface area (Å²) in [5.41, 5.74) is 2.65. The number of hydroxylamine groups is 4. The lowest BCUT2D eigenvalue weighted by molar-refractivity contribution is -0.0745. The lowest BCUT2D eigenvalue weighted by Crippen LogP contribution is -2.42. The van der Waals surface area contributed by atoms with E-state index in [0.717, 1.165) is 10.1 Å². The number of methoxy groups -OCH3 is 2. The number of hydrogen-bond donors (Lipinski definition) is 0. The standard InChI is InChI=1S/C22H30N4O8S/c1-13(2)17-7-15(11-31-5)23-9-19(17)25(21(23)27)33-35(29,30)34-26-20-10-24(22(26)28)16(12-32-6)8-18(20)14(3)4/h7-8,15-16,19-20H,1,3,9-12H2,2,4-6H3. The lowest BCUT2D eigenvalue weighted by atomic mass is 9.95. The second-order valence-corrected chi connectivity index (χ2v) is 10.1. The third kappa shape index (κ3) is 4.49. The summed E-state index contributed by atoms with van der Waals surface area (Å²) in [5, 5.41) is 1.50. The Kier molecular flexibility index (Phi) is 6.81. The van der Waals surface area contributed by atoms with Crippen molar-refractivity contribution in [3.8, 4) is 0 Å². The van der Waals surface area contributed by atoms with Crippen LogP contribution in [0.5, 0.6) is 0 Å². The minimum absolute atomic E-state index is 0.196. The highest BCUT2D eigenvalue weighted by atomic mass is 32.3. The number of fused-ring (bicyclic) bond motifs is 4. The first-order chi connectivity index (χ1) is 16.5. The fourth-order valence-electron chi connectivity index (χ4n) is 4.87. The van der Waals surface area contributed by atoms with E-state index in [1.54, 1.807) is 13.8 Å². The summed E-state index contributed by atoms with van der Waals surface area (Å²) in [7, 11) is -1.85. The largest absolute Gasteiger partial charge is 0.442 e. The van der Waals surface area contributed by atoms with Crippen molar-refractivity contribution in [3.05, 3.63) is 47.6 Å². The molecule has 0 aromatic heterocycles. The highest BCUT2D eigenvalue weighted by Crippen LogP contribution is 2.36. The highest BCUT2D eigenvalue weighted by molar-refractivity contribution is 7.81. The first-order valence-corrected chi connectivity index (χ1v) is 12.4. The molecule has 4 aliphatic heterocycles. The van der Waals surface area contributed by atoms with Crippen molar-refractivity contribution in [1.29, 1.82) is 0 Å². The number of carbonyl (C=O) groups excluding carboxylic acids is 2. The van der Waals surface area contributed by atoms with E-state index in [1.165, 1.54) is 24.0 Å². The average Bonchev–Trinajstić information content (AvgIpc) is 3.19. The van der Waals surface area contributed by atoms with Crippen molar-refractivity contribution in [2.45, 2.75) is 38.0 Å². The molecule has 0 aliphatic carbocycles. The zero-order chi connectivity index (χ0) is 25.7. The molecule has 0 saturated carbocycles. The quantitative estimate of drug-likeness (QED) is 0.433. The number of ether oxygens (including phenoxy) is 2. The molecule has 0 N–H and O–H groups in total. The molecule has 4 atom stereocenters. The van der Waals surface area contributed by atoms with Gasteiger partial charge in [-0.25, -0.2) is 9.59 Å². The van der Waals surface area contributed by atoms with Gasteiger partial charge >= 0.3 is 22.5 Å². The Bertz CT molecular complexity index is 1040. The van der Waals surface area contributed by atoms with Crippen LogP contribution in [0.1, 0.15) is 13.8 Å². The molecule has 12 nitrogen and oxygen atoms in total. The second kappa shape index (κ2) is 9.39. The zero-order valence-corrected chi connectivity index (χ0v) is 21.0. The molecule has 4 bridgehead atoms. The molecule has 4 amide bonds. The molecular weight excluding hydrogens is 480 g/mol. The molecule has 4 rings (SSSR count). The smallest absolute Gasteiger partial charge is 0.382 e. The van der Waals surface area contributed by atoms with Crippen LogP contribution in [-0.2, 0) is 28.4 Å². The van der Waals surface area contributed by atoms with Crippen molar-refractivity contribution in [2.75, 3.05) is 40.5 Å². The van der Waals surface area contributed by atoms with Gasteiger partial charge in [-0.2, -0.15) is 18.5 Å². The van der Waals surface area contributed by atoms with Crippen LogP contribution < -0.4 is 0 Å². The van der Waals surface area contributed by atoms with Crippen LogP contribution in [0.25, 0.3) is 0 Å². The van der Waals surface area contributed by atoms with E-state index in [1.807, 2.05) is 12.2 Å². The SMILES string of the molecule is C=C(C)C1=CC(COC)N2CC1N(OS(=O)(=O)ON1C(=O)N3CC1C(C(=C)C)=CC3COC)C2=O. The van der Waals surface area contributed by atoms with Crippen molar-refractivity contribution in [3.63, 3.8) is 0 Å². The Morgan fingerprint density at radius 1 is 0.857 bits per heavy atom. The van der Waals surface area contributed by atoms with Gasteiger partial charge in [0.15, 0.2) is 0 Å². The van der Waals surface area contributed by atoms with Gasteiger partial charge in [-0.15, -0.1) is 8.57 Å². The van der Waals surface area contributed by atoms with Gasteiger partial charge in [-0.3, -0.25) is 0 Å². The fourth-order valence-corrected chi connectivity index (χ4v) is 5.62. The predicted molar refractivity (Wildman–Crippen MR) is 124 cm³/mol. The average molecular weight is 511 g/mol. The minimum atomic E-state index is -4.87. The van der Waals surface area contributed by atoms with Crippen molar-refractivity contribution < 1.29 is 36.0 Å². The van der Waals surface area contributed by atoms with Gasteiger partial charge in [0, 0.05) is 14.2 Å². The summed E-state index contributed by atoms with van der Waals surface area (Å²) in [4.78, 5) is 28.9. The molecule has 0 radical (unpaired) electrons. The molecule has 35 heavy (non-hydrogen) atoms. The minimum Gasteiger partial charge on any atom is -0.382 e. The van der Waals surface area contributed by atoms with Crippen LogP contribution in [0.15, 0.2) is 47.6 Å². The maximum Gasteiger partial charge on any atom is 0.442 e. The normalized spacial score (nSPS) is 28.0. The fraction of sp³-hybridized carbons (Fsp3) is 0.545. The molecule has 0 spiro atoms. The molecular formula is C22H30N4O8S. The van der Waals surface area contributed by atoms with Crippen LogP contribution in [-0.4, -0.2) is 105 Å². The number of carbonyl (C=O) groups is 2. The second-order valence-electron chi connectivity index (χ2n) is 8.96. The molecule has 4 heterocycles. The van der Waals surface area contributed by atoms with Gasteiger partial charge in [-0.05, 0) is 25.0 Å². The Hall–Kier alpha value is -2.71. The zero-order valence-electron chi connectivity index (χ0n) is 20.2. The van der Waals surface area contributed by atoms with E-state index in [2.05, 4.69) is 13.2 Å². The van der Waals surface area contributed by atoms with Crippen molar-refractivity contribution >= 4 is 22.5 Å². The summed E-state index contributed by atoms with van der Waals surface area (Å²) in [6, 6.07) is -3.53. The number of nitrogens with zero attached hydrogens (tertiary/aromatic N) is 4. The number of hydrogen-bond acceptors (Lipinski definition) is 8. The van der Waals surface area contributed by atoms with Crippen LogP contribution in [0, 0.1) is 0 Å². The van der Waals surface area contributed by atoms with Gasteiger partial charge in [-0.1, -0.05) is 36.5 Å². The van der Waals surface area contributed by atoms with Crippen molar-refractivity contribution in [2.24, 2.45) is 0 Å². The molecule has 2 fully saturated rings. The monoisotopic (exact) mass is 510 g/mol. The Labute approximate surface area is 204 Å². The molecule has 2 saturated heterocycles. The first kappa shape index (κ1) is 25.4. The van der Waals surface area contributed by atoms with Crippen LogP contribution in [0.4, 0.5) is 9.59 Å². The van der Waals surface area contributed by atoms with Gasteiger partial charge < -0.3 is 19.3 Å². The van der Waals surface area contributed by atoms with E-state index in [4.69, 9.17) is 18.0 Å². The topological polar surface area (TPSA) is 118 Å². The molecule has 4 aliphatic rings. The van der Waals surface area contributed by atoms with Crippen LogP contribution in [0.3, 0.4) is 0 Å². The van der Waals surface area contributed by atoms with E-state index in [9.17, 15) is 18.0 Å². The molecule has 4 unspecified atom stereocenters. The van der Waals surface area contributed by atoms with Crippen molar-refractivity contribution in [1.82, 2.24) is 19.9 Å². The summed E-state index contributed by atoms with van der Waals surface area (Å²) >= 11 is 0. The Morgan fingerprint density at radius 2 is 1.23 bits per heavy atom. The summed E-state index contributed by atoms with van der Waals surface area (Å²) < 4.78 is 46.7. The van der Waals surface area contributed by atoms with E-state index in [0.29, 0.717) is 22.3 Å². The van der Waals surface area contributed by atoms with Gasteiger partial charge in [0.05, 0.1) is 38.4 Å². The number of urea groups is 2. The number of amides is 4. The third-order valence-electron chi connectivity index (χ3n) is 6.44. The maximum absolute atomic E-state index is 13.0. The Balaban J connectivity index is 1.56. The molecule has 0 aromatic carbocycles. The predicted octanol–water partition coefficient (Wildman–Crippen LogP) is 1.37. The molecule has 0 aromatic rings. The first-order valence-electron chi connectivity index (χ1n) is 11.1. The molecule has 192 valence electrons. The van der Waals surface area contributed by atoms with Gasteiger partial charge in [0.25, 0.3) is 0 Å². The lowest BCUT2D eigenvalue weighted by Gasteiger charge is -2.29. The maximum atomic E-state index is 13.0. The van der Waals surface area contributed by atoms with E-state index in [-0.39, 0.29) is 26.3 Å². The van der Waals surface area contributed by atoms with Gasteiger partial charge in [0.2, 0.25) is 0 Å². The summed E-state index contributed by atoms with van der Waals surface area (Å²) in [5.74, 6) is 0. The van der Waals surface area contributed by atoms with Gasteiger partial charge in [0.1, 0.15) is 12.1 Å². The highest BCUT2D eigenvalue weighted by Gasteiger charge is 2.51. The van der Waals surface area contributed by atoms with E-state index < -0.39 is 46.6 Å². The van der Waals surface area contributed by atoms with Crippen LogP contribution in [0.2, 0.25) is 0 Å². The van der Waals surface area contributed by atoms with E-state index >= 15 is 0 Å². The summed E-state index contributed by atoms with van der Waals surface area (Å²) in [6.07, 6.45) is 3.63. The molecule has 13 heteroatoms. The van der Waals surface area contributed by atoms with Crippen LogP contribution >= 0.6 is 0 Å². The number of rotatable bonds is 10. The third-order valence-corrected chi connectivity index (χ3v) is 7.13. The summed E-state index contributed by atoms with van der Waals surface area (Å²) in [6.45, 7) is 12.2. The Morgan fingerprint density at radius 3 is 1.54 bits per heavy atom.